The normalized spacial score (nSPS) is 20.2. The smallest absolute Gasteiger partial charge is 0.410 e. The summed E-state index contributed by atoms with van der Waals surface area (Å²) in [5.74, 6) is -4.17. The number of nitrogens with zero attached hydrogens (tertiary/aromatic N) is 1. The van der Waals surface area contributed by atoms with Gasteiger partial charge in [-0.2, -0.15) is 0 Å². The highest BCUT2D eigenvalue weighted by molar-refractivity contribution is 6.38. The van der Waals surface area contributed by atoms with Crippen LogP contribution in [0.3, 0.4) is 0 Å². The van der Waals surface area contributed by atoms with Gasteiger partial charge in [0.25, 0.3) is 5.91 Å². The maximum Gasteiger partial charge on any atom is 0.413 e. The Hall–Kier alpha value is -5.07. The van der Waals surface area contributed by atoms with E-state index in [0.29, 0.717) is 17.7 Å². The first-order chi connectivity index (χ1) is 24.9. The molecule has 0 spiro atoms. The highest BCUT2D eigenvalue weighted by Crippen LogP contribution is 2.65. The van der Waals surface area contributed by atoms with Crippen molar-refractivity contribution in [1.82, 2.24) is 26.2 Å². The van der Waals surface area contributed by atoms with Crippen molar-refractivity contribution >= 4 is 41.3 Å². The van der Waals surface area contributed by atoms with Crippen molar-refractivity contribution in [3.05, 3.63) is 66.2 Å². The number of piperidine rings is 1. The van der Waals surface area contributed by atoms with Gasteiger partial charge in [-0.1, -0.05) is 110 Å². The van der Waals surface area contributed by atoms with Crippen molar-refractivity contribution in [2.24, 2.45) is 28.6 Å². The van der Waals surface area contributed by atoms with Gasteiger partial charge in [0.05, 0.1) is 12.6 Å². The van der Waals surface area contributed by atoms with Gasteiger partial charge in [0.2, 0.25) is 23.5 Å². The molecule has 5 amide bonds. The number of amides is 5. The Morgan fingerprint density at radius 1 is 0.887 bits per heavy atom. The van der Waals surface area contributed by atoms with E-state index in [2.05, 4.69) is 21.3 Å². The molecule has 2 aromatic rings. The molecule has 1 unspecified atom stereocenters. The van der Waals surface area contributed by atoms with Crippen LogP contribution in [0, 0.1) is 28.6 Å². The fourth-order valence-electron chi connectivity index (χ4n) is 7.10. The zero-order valence-corrected chi connectivity index (χ0v) is 31.9. The van der Waals surface area contributed by atoms with E-state index in [0.717, 1.165) is 0 Å². The van der Waals surface area contributed by atoms with Crippen LogP contribution in [0.5, 0.6) is 5.75 Å². The number of hydrogen-bond acceptors (Lipinski definition) is 8. The Balaban J connectivity index is 1.44. The van der Waals surface area contributed by atoms with E-state index in [9.17, 15) is 33.6 Å². The summed E-state index contributed by atoms with van der Waals surface area (Å²) in [6.07, 6.45) is -0.227. The highest BCUT2D eigenvalue weighted by Gasteiger charge is 2.70. The van der Waals surface area contributed by atoms with Crippen molar-refractivity contribution < 1.29 is 38.3 Å². The van der Waals surface area contributed by atoms with Crippen LogP contribution in [-0.4, -0.2) is 77.4 Å². The maximum atomic E-state index is 14.2. The van der Waals surface area contributed by atoms with E-state index in [-0.39, 0.29) is 41.9 Å². The second-order valence-corrected chi connectivity index (χ2v) is 15.9. The lowest BCUT2D eigenvalue weighted by atomic mass is 9.85. The van der Waals surface area contributed by atoms with Crippen LogP contribution in [0.25, 0.3) is 0 Å². The molecule has 1 saturated heterocycles. The number of rotatable bonds is 15. The average Bonchev–Trinajstić information content (AvgIpc) is 3.41. The molecule has 4 N–H and O–H groups in total. The number of carbonyl (C=O) groups is 7. The van der Waals surface area contributed by atoms with Crippen LogP contribution in [0.1, 0.15) is 79.8 Å². The molecular formula is C40H53N5O8. The van der Waals surface area contributed by atoms with Crippen molar-refractivity contribution in [2.45, 2.75) is 92.4 Å². The summed E-state index contributed by atoms with van der Waals surface area (Å²) in [5.41, 5.74) is -0.422. The molecule has 13 nitrogen and oxygen atoms in total. The molecule has 0 radical (unpaired) electrons. The Bertz CT molecular complexity index is 1690. The van der Waals surface area contributed by atoms with Crippen molar-refractivity contribution in [2.75, 3.05) is 13.1 Å². The number of benzene rings is 2. The molecule has 1 heterocycles. The van der Waals surface area contributed by atoms with E-state index >= 15 is 0 Å². The van der Waals surface area contributed by atoms with E-state index in [1.807, 2.05) is 13.8 Å². The number of carbonyl (C=O) groups excluding carboxylic acids is 7. The number of para-hydroxylation sites is 1. The first-order valence-electron chi connectivity index (χ1n) is 18.2. The third-order valence-corrected chi connectivity index (χ3v) is 10.2. The van der Waals surface area contributed by atoms with E-state index in [1.165, 1.54) is 4.90 Å². The third-order valence-electron chi connectivity index (χ3n) is 10.2. The average molecular weight is 732 g/mol. The van der Waals surface area contributed by atoms with Gasteiger partial charge in [-0.15, -0.1) is 0 Å². The number of Topliss-reactive ketones (excluding diaryl/α,β-unsaturated/α-hetero) is 2. The van der Waals surface area contributed by atoms with Gasteiger partial charge in [-0.3, -0.25) is 28.8 Å². The molecule has 2 fully saturated rings. The summed E-state index contributed by atoms with van der Waals surface area (Å²) in [5, 5.41) is 10.4. The highest BCUT2D eigenvalue weighted by atomic mass is 16.6. The Morgan fingerprint density at radius 2 is 1.49 bits per heavy atom. The molecule has 0 aromatic heterocycles. The van der Waals surface area contributed by atoms with Gasteiger partial charge in [0, 0.05) is 12.5 Å². The number of nitrogens with one attached hydrogen (secondary N) is 4. The molecule has 1 saturated carbocycles. The fourth-order valence-corrected chi connectivity index (χ4v) is 7.10. The van der Waals surface area contributed by atoms with Crippen LogP contribution in [0.2, 0.25) is 0 Å². The first kappa shape index (κ1) is 40.7. The Morgan fingerprint density at radius 3 is 2.06 bits per heavy atom. The summed E-state index contributed by atoms with van der Waals surface area (Å²) < 4.78 is 5.40. The minimum atomic E-state index is -1.22. The summed E-state index contributed by atoms with van der Waals surface area (Å²) in [7, 11) is 0. The van der Waals surface area contributed by atoms with E-state index in [4.69, 9.17) is 4.74 Å². The molecule has 1 aliphatic heterocycles. The zero-order valence-electron chi connectivity index (χ0n) is 31.9. The van der Waals surface area contributed by atoms with Crippen LogP contribution in [-0.2, 0) is 28.8 Å². The number of ether oxygens (including phenoxy) is 1. The molecule has 4 rings (SSSR count). The number of fused-ring (bicyclic) bond motifs is 1. The molecule has 6 atom stereocenters. The lowest BCUT2D eigenvalue weighted by Crippen LogP contribution is -2.60. The molecule has 0 bridgehead atoms. The van der Waals surface area contributed by atoms with Crippen LogP contribution in [0.15, 0.2) is 60.7 Å². The molecule has 1 aliphatic carbocycles. The minimum absolute atomic E-state index is 0.0171. The second kappa shape index (κ2) is 16.7. The van der Waals surface area contributed by atoms with Gasteiger partial charge < -0.3 is 30.9 Å². The number of hydrogen-bond donors (Lipinski definition) is 4. The molecular weight excluding hydrogens is 678 g/mol. The molecule has 286 valence electrons. The summed E-state index contributed by atoms with van der Waals surface area (Å²) in [6.45, 7) is 14.4. The topological polar surface area (TPSA) is 180 Å². The quantitative estimate of drug-likeness (QED) is 0.200. The monoisotopic (exact) mass is 731 g/mol. The van der Waals surface area contributed by atoms with Gasteiger partial charge >= 0.3 is 6.09 Å². The Labute approximate surface area is 311 Å². The standard InChI is InChI=1S/C40H53N5O8/c1-9-16-27(33(48)36(50)41-21-28(46)43-30(32(47)23(2)3)24-17-12-10-13-18-24)42-35(49)31-29-26(40(29,7)8)22-45(31)37(51)34(39(4,5)6)44-38(52)53-25-19-14-11-15-20-25/h10-15,17-20,23,26-27,29-31,34H,9,16,21-22H2,1-8H3,(H,41,50)(H,42,49)(H,43,46)(H,44,52)/t26-,27?,29-,30-,31-,34+/m0/s1. The SMILES string of the molecule is CCCC(NC(=O)[C@@H]1[C@@H]2[C@H](CN1C(=O)[C@@H](NC(=O)Oc1ccccc1)C(C)(C)C)C2(C)C)C(=O)C(=O)NCC(=O)N[C@H](C(=O)C(C)C)c1ccccc1. The summed E-state index contributed by atoms with van der Waals surface area (Å²) in [4.78, 5) is 94.9. The molecule has 2 aromatic carbocycles. The van der Waals surface area contributed by atoms with Crippen molar-refractivity contribution in [3.8, 4) is 5.75 Å². The number of ketones is 2. The fraction of sp³-hybridized carbons (Fsp3) is 0.525. The molecule has 2 aliphatic rings. The largest absolute Gasteiger partial charge is 0.413 e. The Kier molecular flexibility index (Phi) is 12.8. The zero-order chi connectivity index (χ0) is 39.2. The van der Waals surface area contributed by atoms with E-state index in [1.54, 1.807) is 102 Å². The van der Waals surface area contributed by atoms with Gasteiger partial charge in [0.1, 0.15) is 23.9 Å². The maximum absolute atomic E-state index is 14.2. The van der Waals surface area contributed by atoms with Crippen LogP contribution >= 0.6 is 0 Å². The number of likely N-dealkylation sites (tertiary alicyclic amines) is 1. The van der Waals surface area contributed by atoms with Crippen LogP contribution in [0.4, 0.5) is 4.79 Å². The predicted molar refractivity (Wildman–Crippen MR) is 197 cm³/mol. The molecule has 53 heavy (non-hydrogen) atoms. The lowest BCUT2D eigenvalue weighted by Gasteiger charge is -2.37. The van der Waals surface area contributed by atoms with Gasteiger partial charge in [0.15, 0.2) is 5.78 Å². The van der Waals surface area contributed by atoms with Crippen molar-refractivity contribution in [3.63, 3.8) is 0 Å². The third kappa shape index (κ3) is 9.68. The summed E-state index contributed by atoms with van der Waals surface area (Å²) in [6, 6.07) is 13.0. The molecule has 13 heteroatoms. The predicted octanol–water partition coefficient (Wildman–Crippen LogP) is 3.73. The van der Waals surface area contributed by atoms with Crippen molar-refractivity contribution in [1.29, 1.82) is 0 Å². The van der Waals surface area contributed by atoms with Crippen LogP contribution < -0.4 is 26.0 Å². The summed E-state index contributed by atoms with van der Waals surface area (Å²) >= 11 is 0. The van der Waals surface area contributed by atoms with E-state index < -0.39 is 71.6 Å². The minimum Gasteiger partial charge on any atom is -0.410 e. The second-order valence-electron chi connectivity index (χ2n) is 15.9. The first-order valence-corrected chi connectivity index (χ1v) is 18.2. The lowest BCUT2D eigenvalue weighted by molar-refractivity contribution is -0.145. The van der Waals surface area contributed by atoms with Gasteiger partial charge in [-0.05, 0) is 46.8 Å². The van der Waals surface area contributed by atoms with Gasteiger partial charge in [-0.25, -0.2) is 4.79 Å².